The molecule has 0 fully saturated rings. The Morgan fingerprint density at radius 1 is 0.737 bits per heavy atom. The van der Waals surface area contributed by atoms with Crippen molar-refractivity contribution in [1.29, 1.82) is 0 Å². The first-order valence-electron chi connectivity index (χ1n) is 7.01. The Morgan fingerprint density at radius 3 is 2.05 bits per heavy atom. The fourth-order valence-corrected chi connectivity index (χ4v) is 3.04. The molecular formula is C19H20. The van der Waals surface area contributed by atoms with Crippen LogP contribution in [0.1, 0.15) is 36.5 Å². The predicted molar refractivity (Wildman–Crippen MR) is 85.0 cm³/mol. The van der Waals surface area contributed by atoms with E-state index < -0.39 is 0 Å². The third-order valence-electron chi connectivity index (χ3n) is 4.10. The van der Waals surface area contributed by atoms with Gasteiger partial charge in [-0.1, -0.05) is 50.2 Å². The highest BCUT2D eigenvalue weighted by Gasteiger charge is 2.11. The lowest BCUT2D eigenvalue weighted by molar-refractivity contribution is 0.878. The summed E-state index contributed by atoms with van der Waals surface area (Å²) in [5.74, 6) is 0.550. The second kappa shape index (κ2) is 4.38. The van der Waals surface area contributed by atoms with Crippen molar-refractivity contribution in [1.82, 2.24) is 0 Å². The van der Waals surface area contributed by atoms with Crippen molar-refractivity contribution in [2.45, 2.75) is 33.6 Å². The lowest BCUT2D eigenvalue weighted by Gasteiger charge is -2.16. The number of aryl methyl sites for hydroxylation is 2. The second-order valence-corrected chi connectivity index (χ2v) is 5.79. The monoisotopic (exact) mass is 248 g/mol. The van der Waals surface area contributed by atoms with Crippen molar-refractivity contribution in [3.05, 3.63) is 59.2 Å². The Kier molecular flexibility index (Phi) is 2.82. The molecule has 3 aromatic rings. The van der Waals surface area contributed by atoms with E-state index in [2.05, 4.69) is 70.2 Å². The minimum atomic E-state index is 0.550. The van der Waals surface area contributed by atoms with Crippen LogP contribution in [0.15, 0.2) is 42.5 Å². The minimum absolute atomic E-state index is 0.550. The van der Waals surface area contributed by atoms with Crippen LogP contribution < -0.4 is 0 Å². The van der Waals surface area contributed by atoms with Gasteiger partial charge in [-0.15, -0.1) is 0 Å². The molecule has 0 aliphatic rings. The van der Waals surface area contributed by atoms with E-state index in [-0.39, 0.29) is 0 Å². The fraction of sp³-hybridized carbons (Fsp3) is 0.263. The van der Waals surface area contributed by atoms with Gasteiger partial charge in [-0.25, -0.2) is 0 Å². The van der Waals surface area contributed by atoms with E-state index in [0.29, 0.717) is 5.92 Å². The molecule has 0 heterocycles. The molecule has 3 rings (SSSR count). The van der Waals surface area contributed by atoms with Crippen molar-refractivity contribution >= 4 is 21.5 Å². The number of rotatable bonds is 1. The Balaban J connectivity index is 2.62. The summed E-state index contributed by atoms with van der Waals surface area (Å²) in [5, 5.41) is 5.62. The molecule has 0 bridgehead atoms. The van der Waals surface area contributed by atoms with Crippen molar-refractivity contribution < 1.29 is 0 Å². The van der Waals surface area contributed by atoms with E-state index in [9.17, 15) is 0 Å². The lowest BCUT2D eigenvalue weighted by atomic mass is 9.88. The van der Waals surface area contributed by atoms with Gasteiger partial charge < -0.3 is 0 Å². The molecule has 0 saturated heterocycles. The number of fused-ring (bicyclic) bond motifs is 3. The average Bonchev–Trinajstić information content (AvgIpc) is 2.41. The molecule has 96 valence electrons. The van der Waals surface area contributed by atoms with E-state index in [1.54, 1.807) is 0 Å². The van der Waals surface area contributed by atoms with Crippen LogP contribution in [0.3, 0.4) is 0 Å². The normalized spacial score (nSPS) is 11.6. The highest BCUT2D eigenvalue weighted by atomic mass is 14.2. The molecule has 0 unspecified atom stereocenters. The Morgan fingerprint density at radius 2 is 1.37 bits per heavy atom. The molecular weight excluding hydrogens is 228 g/mol. The van der Waals surface area contributed by atoms with E-state index in [4.69, 9.17) is 0 Å². The molecule has 0 nitrogen and oxygen atoms in total. The molecule has 0 aliphatic heterocycles. The Hall–Kier alpha value is -1.82. The van der Waals surface area contributed by atoms with Crippen molar-refractivity contribution in [3.8, 4) is 0 Å². The van der Waals surface area contributed by atoms with E-state index >= 15 is 0 Å². The molecule has 0 N–H and O–H groups in total. The van der Waals surface area contributed by atoms with Gasteiger partial charge in [-0.05, 0) is 64.1 Å². The third kappa shape index (κ3) is 1.83. The first-order valence-corrected chi connectivity index (χ1v) is 7.01. The molecule has 0 saturated carbocycles. The van der Waals surface area contributed by atoms with Crippen LogP contribution >= 0.6 is 0 Å². The van der Waals surface area contributed by atoms with Gasteiger partial charge in [0.25, 0.3) is 0 Å². The molecule has 19 heavy (non-hydrogen) atoms. The Bertz CT molecular complexity index is 764. The SMILES string of the molecule is Cc1ccc(C)c2c1cc(C(C)C)c1ccccc12. The smallest absolute Gasteiger partial charge is 0.00733 e. The third-order valence-corrected chi connectivity index (χ3v) is 4.10. The molecule has 0 heteroatoms. The van der Waals surface area contributed by atoms with Crippen molar-refractivity contribution in [2.24, 2.45) is 0 Å². The topological polar surface area (TPSA) is 0 Å². The highest BCUT2D eigenvalue weighted by Crippen LogP contribution is 2.35. The Labute approximate surface area is 115 Å². The predicted octanol–water partition coefficient (Wildman–Crippen LogP) is 5.73. The maximum Gasteiger partial charge on any atom is -0.00733 e. The van der Waals surface area contributed by atoms with Crippen LogP contribution in [0.25, 0.3) is 21.5 Å². The quantitative estimate of drug-likeness (QED) is 0.482. The van der Waals surface area contributed by atoms with Crippen LogP contribution in [0.2, 0.25) is 0 Å². The molecule has 0 atom stereocenters. The molecule has 0 radical (unpaired) electrons. The lowest BCUT2D eigenvalue weighted by Crippen LogP contribution is -1.93. The van der Waals surface area contributed by atoms with E-state index in [1.165, 1.54) is 38.2 Å². The molecule has 0 aliphatic carbocycles. The first-order chi connectivity index (χ1) is 9.09. The van der Waals surface area contributed by atoms with Gasteiger partial charge in [0.05, 0.1) is 0 Å². The zero-order valence-electron chi connectivity index (χ0n) is 12.1. The van der Waals surface area contributed by atoms with Crippen molar-refractivity contribution in [3.63, 3.8) is 0 Å². The van der Waals surface area contributed by atoms with Crippen LogP contribution in [0.4, 0.5) is 0 Å². The van der Waals surface area contributed by atoms with E-state index in [0.717, 1.165) is 0 Å². The fourth-order valence-electron chi connectivity index (χ4n) is 3.04. The summed E-state index contributed by atoms with van der Waals surface area (Å²) in [6, 6.07) is 15.7. The van der Waals surface area contributed by atoms with Crippen molar-refractivity contribution in [2.75, 3.05) is 0 Å². The molecule has 0 spiro atoms. The van der Waals surface area contributed by atoms with Gasteiger partial charge in [-0.2, -0.15) is 0 Å². The molecule has 3 aromatic carbocycles. The van der Waals surface area contributed by atoms with Crippen LogP contribution in [-0.2, 0) is 0 Å². The average molecular weight is 248 g/mol. The van der Waals surface area contributed by atoms with Crippen LogP contribution in [0, 0.1) is 13.8 Å². The van der Waals surface area contributed by atoms with Gasteiger partial charge in [0.1, 0.15) is 0 Å². The summed E-state index contributed by atoms with van der Waals surface area (Å²) in [4.78, 5) is 0. The first kappa shape index (κ1) is 12.2. The summed E-state index contributed by atoms with van der Waals surface area (Å²) in [6.45, 7) is 8.97. The zero-order valence-corrected chi connectivity index (χ0v) is 12.1. The van der Waals surface area contributed by atoms with Gasteiger partial charge in [0, 0.05) is 0 Å². The van der Waals surface area contributed by atoms with E-state index in [1.807, 2.05) is 0 Å². The largest absolute Gasteiger partial charge is 0.0616 e. The van der Waals surface area contributed by atoms with Crippen LogP contribution in [0.5, 0.6) is 0 Å². The summed E-state index contributed by atoms with van der Waals surface area (Å²) >= 11 is 0. The number of benzene rings is 3. The van der Waals surface area contributed by atoms with Gasteiger partial charge in [0.15, 0.2) is 0 Å². The summed E-state index contributed by atoms with van der Waals surface area (Å²) in [5.41, 5.74) is 4.19. The number of hydrogen-bond acceptors (Lipinski definition) is 0. The minimum Gasteiger partial charge on any atom is -0.0616 e. The summed E-state index contributed by atoms with van der Waals surface area (Å²) < 4.78 is 0. The highest BCUT2D eigenvalue weighted by molar-refractivity contribution is 6.11. The molecule has 0 amide bonds. The number of hydrogen-bond donors (Lipinski definition) is 0. The maximum absolute atomic E-state index is 2.39. The van der Waals surface area contributed by atoms with Crippen LogP contribution in [-0.4, -0.2) is 0 Å². The second-order valence-electron chi connectivity index (χ2n) is 5.79. The summed E-state index contributed by atoms with van der Waals surface area (Å²) in [7, 11) is 0. The van der Waals surface area contributed by atoms with Gasteiger partial charge in [0.2, 0.25) is 0 Å². The van der Waals surface area contributed by atoms with Gasteiger partial charge >= 0.3 is 0 Å². The summed E-state index contributed by atoms with van der Waals surface area (Å²) in [6.07, 6.45) is 0. The van der Waals surface area contributed by atoms with Gasteiger partial charge in [-0.3, -0.25) is 0 Å². The maximum atomic E-state index is 2.39. The molecule has 0 aromatic heterocycles. The standard InChI is InChI=1S/C19H20/c1-12(2)17-11-18-13(3)9-10-14(4)19(18)16-8-6-5-7-15(16)17/h5-12H,1-4H3. The zero-order chi connectivity index (χ0) is 13.6.